The van der Waals surface area contributed by atoms with Crippen LogP contribution in [-0.2, 0) is 29.6 Å². The van der Waals surface area contributed by atoms with Crippen molar-refractivity contribution in [2.45, 2.75) is 24.6 Å². The van der Waals surface area contributed by atoms with Crippen molar-refractivity contribution < 1.29 is 13.5 Å². The Hall–Kier alpha value is -1.28. The van der Waals surface area contributed by atoms with Crippen molar-refractivity contribution in [1.29, 1.82) is 0 Å². The number of hydrogen-bond acceptors (Lipinski definition) is 4. The molecule has 5 nitrogen and oxygen atoms in total. The van der Waals surface area contributed by atoms with Gasteiger partial charge in [0, 0.05) is 13.1 Å². The van der Waals surface area contributed by atoms with E-state index in [1.165, 1.54) is 10.4 Å². The first-order valence-corrected chi connectivity index (χ1v) is 9.08. The summed E-state index contributed by atoms with van der Waals surface area (Å²) in [6.07, 6.45) is 0.635. The van der Waals surface area contributed by atoms with E-state index >= 15 is 0 Å². The topological polar surface area (TPSA) is 70.5 Å². The fraction of sp³-hybridized carbons (Fsp3) is 0.267. The number of halogens is 1. The zero-order valence-electron chi connectivity index (χ0n) is 11.7. The Kier molecular flexibility index (Phi) is 4.31. The van der Waals surface area contributed by atoms with E-state index in [0.717, 1.165) is 16.7 Å². The molecule has 0 amide bonds. The molecule has 0 bridgehead atoms. The predicted molar refractivity (Wildman–Crippen MR) is 85.6 cm³/mol. The third-order valence-electron chi connectivity index (χ3n) is 3.72. The molecule has 1 aromatic heterocycles. The lowest BCUT2D eigenvalue weighted by Gasteiger charge is -2.28. The molecule has 0 saturated heterocycles. The molecule has 0 radical (unpaired) electrons. The molecule has 116 valence electrons. The molecule has 0 aliphatic carbocycles. The van der Waals surface area contributed by atoms with Crippen LogP contribution in [0.2, 0.25) is 0 Å². The highest BCUT2D eigenvalue weighted by atomic mass is 79.9. The summed E-state index contributed by atoms with van der Waals surface area (Å²) in [5.41, 5.74) is 2.92. The lowest BCUT2D eigenvalue weighted by molar-refractivity contribution is 0.281. The number of aliphatic hydroxyl groups is 1. The van der Waals surface area contributed by atoms with Crippen LogP contribution in [0.15, 0.2) is 46.0 Å². The Morgan fingerprint density at radius 1 is 1.23 bits per heavy atom. The number of hydrogen-bond donors (Lipinski definition) is 1. The number of benzene rings is 1. The van der Waals surface area contributed by atoms with E-state index in [4.69, 9.17) is 0 Å². The van der Waals surface area contributed by atoms with E-state index in [2.05, 4.69) is 20.9 Å². The number of rotatable bonds is 3. The van der Waals surface area contributed by atoms with Gasteiger partial charge in [-0.2, -0.15) is 4.31 Å². The minimum Gasteiger partial charge on any atom is -0.392 e. The number of nitrogens with zero attached hydrogens (tertiary/aromatic N) is 2. The molecule has 1 aromatic carbocycles. The summed E-state index contributed by atoms with van der Waals surface area (Å²) in [4.78, 5) is 4.06. The standard InChI is InChI=1S/C15H15BrN2O3S/c16-14-2-1-3-15(17-14)22(20,21)18-7-6-12-8-11(10-19)4-5-13(12)9-18/h1-5,8,19H,6-7,9-10H2. The van der Waals surface area contributed by atoms with Crippen LogP contribution in [-0.4, -0.2) is 29.4 Å². The summed E-state index contributed by atoms with van der Waals surface area (Å²) >= 11 is 3.20. The molecule has 0 atom stereocenters. The molecule has 0 unspecified atom stereocenters. The monoisotopic (exact) mass is 382 g/mol. The van der Waals surface area contributed by atoms with E-state index in [1.54, 1.807) is 12.1 Å². The van der Waals surface area contributed by atoms with Crippen LogP contribution in [0.5, 0.6) is 0 Å². The minimum absolute atomic E-state index is 0.00272. The van der Waals surface area contributed by atoms with Crippen LogP contribution >= 0.6 is 15.9 Å². The fourth-order valence-corrected chi connectivity index (χ4v) is 4.38. The van der Waals surface area contributed by atoms with Gasteiger partial charge in [0.05, 0.1) is 6.61 Å². The highest BCUT2D eigenvalue weighted by Gasteiger charge is 2.29. The third-order valence-corrected chi connectivity index (χ3v) is 5.91. The lowest BCUT2D eigenvalue weighted by atomic mass is 9.99. The largest absolute Gasteiger partial charge is 0.392 e. The Morgan fingerprint density at radius 2 is 2.05 bits per heavy atom. The number of pyridine rings is 1. The Balaban J connectivity index is 1.91. The molecule has 22 heavy (non-hydrogen) atoms. The van der Waals surface area contributed by atoms with E-state index < -0.39 is 10.0 Å². The van der Waals surface area contributed by atoms with Crippen molar-refractivity contribution in [3.63, 3.8) is 0 Å². The van der Waals surface area contributed by atoms with E-state index in [-0.39, 0.29) is 11.6 Å². The predicted octanol–water partition coefficient (Wildman–Crippen LogP) is 2.08. The van der Waals surface area contributed by atoms with Crippen molar-refractivity contribution in [3.8, 4) is 0 Å². The molecule has 7 heteroatoms. The van der Waals surface area contributed by atoms with Gasteiger partial charge >= 0.3 is 0 Å². The zero-order valence-corrected chi connectivity index (χ0v) is 14.1. The number of sulfonamides is 1. The number of aromatic nitrogens is 1. The van der Waals surface area contributed by atoms with Crippen LogP contribution in [0.4, 0.5) is 0 Å². The second kappa shape index (κ2) is 6.08. The van der Waals surface area contributed by atoms with Gasteiger partial charge in [0.2, 0.25) is 0 Å². The lowest BCUT2D eigenvalue weighted by Crippen LogP contribution is -2.36. The van der Waals surface area contributed by atoms with E-state index in [0.29, 0.717) is 24.1 Å². The van der Waals surface area contributed by atoms with Gasteiger partial charge in [0.15, 0.2) is 5.03 Å². The van der Waals surface area contributed by atoms with Crippen molar-refractivity contribution in [2.24, 2.45) is 0 Å². The minimum atomic E-state index is -3.60. The van der Waals surface area contributed by atoms with Gasteiger partial charge < -0.3 is 5.11 Å². The highest BCUT2D eigenvalue weighted by Crippen LogP contribution is 2.25. The van der Waals surface area contributed by atoms with Crippen molar-refractivity contribution in [3.05, 3.63) is 57.7 Å². The molecule has 1 aliphatic rings. The quantitative estimate of drug-likeness (QED) is 0.824. The molecule has 2 heterocycles. The summed E-state index contributed by atoms with van der Waals surface area (Å²) < 4.78 is 27.3. The summed E-state index contributed by atoms with van der Waals surface area (Å²) in [6, 6.07) is 10.5. The van der Waals surface area contributed by atoms with Gasteiger partial charge in [-0.05, 0) is 51.2 Å². The first-order valence-electron chi connectivity index (χ1n) is 6.85. The molecule has 2 aromatic rings. The Labute approximate surface area is 137 Å². The van der Waals surface area contributed by atoms with Crippen LogP contribution in [0.3, 0.4) is 0 Å². The van der Waals surface area contributed by atoms with Crippen LogP contribution in [0, 0.1) is 0 Å². The molecule has 0 fully saturated rings. The smallest absolute Gasteiger partial charge is 0.260 e. The molecule has 1 N–H and O–H groups in total. The second-order valence-electron chi connectivity index (χ2n) is 5.15. The summed E-state index contributed by atoms with van der Waals surface area (Å²) in [7, 11) is -3.60. The maximum Gasteiger partial charge on any atom is 0.260 e. The summed E-state index contributed by atoms with van der Waals surface area (Å²) in [6.45, 7) is 0.743. The van der Waals surface area contributed by atoms with Crippen LogP contribution in [0.1, 0.15) is 16.7 Å². The number of fused-ring (bicyclic) bond motifs is 1. The molecular weight excluding hydrogens is 368 g/mol. The van der Waals surface area contributed by atoms with Gasteiger partial charge in [-0.1, -0.05) is 24.3 Å². The van der Waals surface area contributed by atoms with Gasteiger partial charge in [-0.25, -0.2) is 13.4 Å². The van der Waals surface area contributed by atoms with Crippen molar-refractivity contribution >= 4 is 26.0 Å². The Morgan fingerprint density at radius 3 is 2.77 bits per heavy atom. The average molecular weight is 383 g/mol. The molecule has 1 aliphatic heterocycles. The van der Waals surface area contributed by atoms with Crippen LogP contribution < -0.4 is 0 Å². The molecule has 0 saturated carbocycles. The van der Waals surface area contributed by atoms with Gasteiger partial charge in [0.1, 0.15) is 4.60 Å². The Bertz CT molecular complexity index is 808. The average Bonchev–Trinajstić information content (AvgIpc) is 2.53. The molecule has 0 spiro atoms. The van der Waals surface area contributed by atoms with E-state index in [1.807, 2.05) is 18.2 Å². The maximum atomic E-state index is 12.7. The van der Waals surface area contributed by atoms with Crippen molar-refractivity contribution in [1.82, 2.24) is 9.29 Å². The molecule has 3 rings (SSSR count). The SMILES string of the molecule is O=S(=O)(c1cccc(Br)n1)N1CCc2cc(CO)ccc2C1. The van der Waals surface area contributed by atoms with Gasteiger partial charge in [-0.3, -0.25) is 0 Å². The summed E-state index contributed by atoms with van der Waals surface area (Å²) in [5.74, 6) is 0. The highest BCUT2D eigenvalue weighted by molar-refractivity contribution is 9.10. The third kappa shape index (κ3) is 2.94. The van der Waals surface area contributed by atoms with Crippen LogP contribution in [0.25, 0.3) is 0 Å². The molecular formula is C15H15BrN2O3S. The van der Waals surface area contributed by atoms with Crippen molar-refractivity contribution in [2.75, 3.05) is 6.54 Å². The van der Waals surface area contributed by atoms with E-state index in [9.17, 15) is 13.5 Å². The first-order chi connectivity index (χ1) is 10.5. The van der Waals surface area contributed by atoms with Gasteiger partial charge in [-0.15, -0.1) is 0 Å². The second-order valence-corrected chi connectivity index (χ2v) is 7.85. The van der Waals surface area contributed by atoms with Gasteiger partial charge in [0.25, 0.3) is 10.0 Å². The fourth-order valence-electron chi connectivity index (χ4n) is 2.55. The normalized spacial score (nSPS) is 15.5. The maximum absolute atomic E-state index is 12.7. The number of aliphatic hydroxyl groups excluding tert-OH is 1. The zero-order chi connectivity index (χ0) is 15.7. The first kappa shape index (κ1) is 15.6. The summed E-state index contributed by atoms with van der Waals surface area (Å²) in [5, 5.41) is 9.23.